The summed E-state index contributed by atoms with van der Waals surface area (Å²) in [4.78, 5) is 13.9. The van der Waals surface area contributed by atoms with Crippen molar-refractivity contribution in [2.24, 2.45) is 0 Å². The van der Waals surface area contributed by atoms with Crippen LogP contribution in [0.4, 0.5) is 5.69 Å². The van der Waals surface area contributed by atoms with E-state index in [0.717, 1.165) is 70.9 Å². The van der Waals surface area contributed by atoms with E-state index in [1.54, 1.807) is 0 Å². The molecular weight excluding hydrogens is 534 g/mol. The molecule has 44 heavy (non-hydrogen) atoms. The van der Waals surface area contributed by atoms with Gasteiger partial charge >= 0.3 is 0 Å². The third-order valence-electron chi connectivity index (χ3n) is 8.87. The first-order valence-electron chi connectivity index (χ1n) is 14.7. The molecule has 0 aliphatic heterocycles. The SMILES string of the molecule is [C-]#[N+]c1ccc(-c2c3ccccc3c(-c3nc4ccccc4c4c3ccc3ccc5cccnc5c34)c3ccccc23)cc1. The number of hydrogen-bond acceptors (Lipinski definition) is 2. The van der Waals surface area contributed by atoms with E-state index >= 15 is 0 Å². The molecule has 0 saturated heterocycles. The Kier molecular flexibility index (Phi) is 5.26. The van der Waals surface area contributed by atoms with Gasteiger partial charge in [-0.3, -0.25) is 4.98 Å². The van der Waals surface area contributed by atoms with Crippen LogP contribution in [0.15, 0.2) is 140 Å². The summed E-state index contributed by atoms with van der Waals surface area (Å²) in [7, 11) is 0. The maximum absolute atomic E-state index is 7.44. The largest absolute Gasteiger partial charge is 0.256 e. The van der Waals surface area contributed by atoms with Gasteiger partial charge in [-0.1, -0.05) is 121 Å². The number of rotatable bonds is 2. The minimum absolute atomic E-state index is 0.639. The summed E-state index contributed by atoms with van der Waals surface area (Å²) in [6.07, 6.45) is 1.88. The molecule has 7 aromatic carbocycles. The van der Waals surface area contributed by atoms with E-state index in [0.29, 0.717) is 5.69 Å². The van der Waals surface area contributed by atoms with Crippen LogP contribution in [0.5, 0.6) is 0 Å². The molecule has 0 saturated carbocycles. The smallest absolute Gasteiger partial charge is 0.187 e. The van der Waals surface area contributed by atoms with Crippen LogP contribution in [0.1, 0.15) is 0 Å². The Bertz CT molecular complexity index is 2610. The highest BCUT2D eigenvalue weighted by Crippen LogP contribution is 2.47. The van der Waals surface area contributed by atoms with Crippen LogP contribution in [-0.2, 0) is 0 Å². The molecule has 0 amide bonds. The fraction of sp³-hybridized carbons (Fsp3) is 0. The van der Waals surface area contributed by atoms with Gasteiger partial charge in [0.1, 0.15) is 0 Å². The third-order valence-corrected chi connectivity index (χ3v) is 8.87. The van der Waals surface area contributed by atoms with Crippen LogP contribution in [0.3, 0.4) is 0 Å². The molecule has 0 N–H and O–H groups in total. The van der Waals surface area contributed by atoms with Crippen LogP contribution in [0.25, 0.3) is 92.1 Å². The van der Waals surface area contributed by atoms with Gasteiger partial charge in [0.15, 0.2) is 5.69 Å². The zero-order valence-electron chi connectivity index (χ0n) is 23.6. The van der Waals surface area contributed by atoms with Crippen LogP contribution < -0.4 is 0 Å². The molecule has 2 aromatic heterocycles. The molecule has 0 bridgehead atoms. The van der Waals surface area contributed by atoms with Gasteiger partial charge in [0, 0.05) is 38.7 Å². The number of fused-ring (bicyclic) bond motifs is 9. The van der Waals surface area contributed by atoms with Gasteiger partial charge in [-0.15, -0.1) is 0 Å². The zero-order chi connectivity index (χ0) is 29.2. The number of pyridine rings is 2. The van der Waals surface area contributed by atoms with Crippen molar-refractivity contribution in [3.05, 3.63) is 151 Å². The summed E-state index contributed by atoms with van der Waals surface area (Å²) in [5, 5.41) is 11.5. The molecule has 0 spiro atoms. The standard InChI is InChI=1S/C41H23N3/c1-42-28-21-18-25(19-22-28)36-29-10-2-4-12-31(29)39(32-13-5-3-11-30(32)36)41-34-23-20-26-16-17-27-9-8-24-43-40(27)37(26)38(34)33-14-6-7-15-35(33)44-41/h2-24H. The van der Waals surface area contributed by atoms with Crippen molar-refractivity contribution < 1.29 is 0 Å². The van der Waals surface area contributed by atoms with Gasteiger partial charge in [0.2, 0.25) is 0 Å². The maximum Gasteiger partial charge on any atom is 0.187 e. The molecule has 202 valence electrons. The van der Waals surface area contributed by atoms with E-state index in [2.05, 4.69) is 120 Å². The van der Waals surface area contributed by atoms with E-state index in [-0.39, 0.29) is 0 Å². The minimum Gasteiger partial charge on any atom is -0.256 e. The van der Waals surface area contributed by atoms with Crippen molar-refractivity contribution in [1.29, 1.82) is 0 Å². The lowest BCUT2D eigenvalue weighted by atomic mass is 9.85. The fourth-order valence-electron chi connectivity index (χ4n) is 6.98. The molecule has 2 heterocycles. The van der Waals surface area contributed by atoms with Crippen molar-refractivity contribution in [2.75, 3.05) is 0 Å². The predicted molar refractivity (Wildman–Crippen MR) is 184 cm³/mol. The second-order valence-electron chi connectivity index (χ2n) is 11.2. The number of benzene rings is 7. The molecule has 3 nitrogen and oxygen atoms in total. The van der Waals surface area contributed by atoms with Crippen molar-refractivity contribution >= 4 is 70.6 Å². The molecule has 9 aromatic rings. The van der Waals surface area contributed by atoms with E-state index in [1.165, 1.54) is 16.3 Å². The molecular formula is C41H23N3. The fourth-order valence-corrected chi connectivity index (χ4v) is 6.98. The second-order valence-corrected chi connectivity index (χ2v) is 11.2. The molecule has 0 radical (unpaired) electrons. The van der Waals surface area contributed by atoms with Gasteiger partial charge < -0.3 is 0 Å². The Morgan fingerprint density at radius 1 is 0.477 bits per heavy atom. The molecule has 0 aliphatic carbocycles. The van der Waals surface area contributed by atoms with Crippen molar-refractivity contribution in [3.8, 4) is 22.4 Å². The van der Waals surface area contributed by atoms with Crippen LogP contribution in [0, 0.1) is 6.57 Å². The average molecular weight is 558 g/mol. The summed E-state index contributed by atoms with van der Waals surface area (Å²) in [6, 6.07) is 46.6. The average Bonchev–Trinajstić information content (AvgIpc) is 3.10. The van der Waals surface area contributed by atoms with Crippen molar-refractivity contribution in [3.63, 3.8) is 0 Å². The van der Waals surface area contributed by atoms with Gasteiger partial charge in [0.25, 0.3) is 0 Å². The van der Waals surface area contributed by atoms with Crippen LogP contribution in [-0.4, -0.2) is 9.97 Å². The van der Waals surface area contributed by atoms with Gasteiger partial charge in [0.05, 0.1) is 23.3 Å². The quantitative estimate of drug-likeness (QED) is 0.120. The molecule has 0 aliphatic rings. The molecule has 0 atom stereocenters. The number of para-hydroxylation sites is 1. The van der Waals surface area contributed by atoms with Gasteiger partial charge in [-0.05, 0) is 50.2 Å². The van der Waals surface area contributed by atoms with Crippen LogP contribution >= 0.6 is 0 Å². The Balaban J connectivity index is 1.50. The van der Waals surface area contributed by atoms with Crippen LogP contribution in [0.2, 0.25) is 0 Å². The predicted octanol–water partition coefficient (Wildman–Crippen LogP) is 11.3. The number of hydrogen-bond donors (Lipinski definition) is 0. The molecule has 0 unspecified atom stereocenters. The Hall–Kier alpha value is -6.11. The summed E-state index contributed by atoms with van der Waals surface area (Å²) >= 11 is 0. The minimum atomic E-state index is 0.639. The highest BCUT2D eigenvalue weighted by Gasteiger charge is 2.21. The maximum atomic E-state index is 7.44. The normalized spacial score (nSPS) is 11.6. The third kappa shape index (κ3) is 3.49. The Morgan fingerprint density at radius 3 is 1.80 bits per heavy atom. The van der Waals surface area contributed by atoms with Gasteiger partial charge in [-0.2, -0.15) is 0 Å². The molecule has 3 heteroatoms. The monoisotopic (exact) mass is 557 g/mol. The lowest BCUT2D eigenvalue weighted by molar-refractivity contribution is 1.43. The van der Waals surface area contributed by atoms with Crippen molar-refractivity contribution in [2.45, 2.75) is 0 Å². The Labute approximate surface area is 253 Å². The highest BCUT2D eigenvalue weighted by molar-refractivity contribution is 6.30. The summed E-state index contributed by atoms with van der Waals surface area (Å²) in [6.45, 7) is 7.44. The lowest BCUT2D eigenvalue weighted by Crippen LogP contribution is -1.95. The number of nitrogens with zero attached hydrogens (tertiary/aromatic N) is 3. The summed E-state index contributed by atoms with van der Waals surface area (Å²) in [5.74, 6) is 0. The zero-order valence-corrected chi connectivity index (χ0v) is 23.6. The van der Waals surface area contributed by atoms with Gasteiger partial charge in [-0.25, -0.2) is 9.83 Å². The first-order valence-corrected chi connectivity index (χ1v) is 14.7. The van der Waals surface area contributed by atoms with E-state index in [4.69, 9.17) is 16.5 Å². The van der Waals surface area contributed by atoms with E-state index in [9.17, 15) is 0 Å². The molecule has 9 rings (SSSR count). The highest BCUT2D eigenvalue weighted by atomic mass is 14.7. The summed E-state index contributed by atoms with van der Waals surface area (Å²) in [5.41, 5.74) is 6.96. The number of aromatic nitrogens is 2. The summed E-state index contributed by atoms with van der Waals surface area (Å²) < 4.78 is 0. The van der Waals surface area contributed by atoms with E-state index < -0.39 is 0 Å². The van der Waals surface area contributed by atoms with Crippen molar-refractivity contribution in [1.82, 2.24) is 9.97 Å². The second kappa shape index (κ2) is 9.46. The van der Waals surface area contributed by atoms with E-state index in [1.807, 2.05) is 24.4 Å². The Morgan fingerprint density at radius 2 is 1.09 bits per heavy atom. The lowest BCUT2D eigenvalue weighted by Gasteiger charge is -2.19. The topological polar surface area (TPSA) is 30.1 Å². The molecule has 0 fully saturated rings. The first-order chi connectivity index (χ1) is 21.8. The first kappa shape index (κ1) is 24.5.